The molecule has 0 spiro atoms. The van der Waals surface area contributed by atoms with E-state index in [9.17, 15) is 4.79 Å². The van der Waals surface area contributed by atoms with Crippen LogP contribution >= 0.6 is 11.6 Å². The molecule has 1 aliphatic carbocycles. The molecule has 1 aromatic carbocycles. The predicted molar refractivity (Wildman–Crippen MR) is 111 cm³/mol. The van der Waals surface area contributed by atoms with Gasteiger partial charge < -0.3 is 4.74 Å². The fourth-order valence-corrected chi connectivity index (χ4v) is 7.93. The maximum atomic E-state index is 12.4. The van der Waals surface area contributed by atoms with Gasteiger partial charge in [0.2, 0.25) is 0 Å². The molecule has 26 heavy (non-hydrogen) atoms. The van der Waals surface area contributed by atoms with Crippen molar-refractivity contribution >= 4 is 26.4 Å². The van der Waals surface area contributed by atoms with E-state index in [1.54, 1.807) is 12.1 Å². The fraction of sp³-hybridized carbons (Fsp3) is 0.682. The zero-order chi connectivity index (χ0) is 18.5. The molecule has 0 N–H and O–H groups in total. The molecule has 0 bridgehead atoms. The lowest BCUT2D eigenvalue weighted by atomic mass is 9.76. The summed E-state index contributed by atoms with van der Waals surface area (Å²) in [5.74, 6) is 1.61. The highest BCUT2D eigenvalue weighted by Crippen LogP contribution is 2.40. The van der Waals surface area contributed by atoms with E-state index in [4.69, 9.17) is 16.3 Å². The highest BCUT2D eigenvalue weighted by atomic mass is 35.5. The first-order valence-electron chi connectivity index (χ1n) is 10.4. The summed E-state index contributed by atoms with van der Waals surface area (Å²) >= 11 is 6.04. The summed E-state index contributed by atoms with van der Waals surface area (Å²) in [5.41, 5.74) is 1.54. The number of aryl methyl sites for hydroxylation is 1. The molecule has 2 aliphatic rings. The van der Waals surface area contributed by atoms with E-state index in [0.29, 0.717) is 10.6 Å². The van der Waals surface area contributed by atoms with Gasteiger partial charge in [-0.05, 0) is 68.2 Å². The van der Waals surface area contributed by atoms with Crippen LogP contribution in [0.1, 0.15) is 67.8 Å². The molecule has 0 unspecified atom stereocenters. The molecular weight excluding hydrogens is 360 g/mol. The maximum absolute atomic E-state index is 12.4. The zero-order valence-corrected chi connectivity index (χ0v) is 18.0. The molecule has 0 amide bonds. The molecule has 2 fully saturated rings. The van der Waals surface area contributed by atoms with Crippen LogP contribution in [-0.4, -0.2) is 20.9 Å². The Kier molecular flexibility index (Phi) is 7.22. The Morgan fingerprint density at radius 3 is 2.38 bits per heavy atom. The third-order valence-electron chi connectivity index (χ3n) is 6.39. The van der Waals surface area contributed by atoms with Crippen LogP contribution in [0.25, 0.3) is 0 Å². The second kappa shape index (κ2) is 9.41. The summed E-state index contributed by atoms with van der Waals surface area (Å²) in [5, 5.41) is 0.693. The average molecular weight is 392 g/mol. The number of carbonyl (C=O) groups excluding carboxylic acids is 1. The highest BCUT2D eigenvalue weighted by molar-refractivity contribution is 6.58. The van der Waals surface area contributed by atoms with Gasteiger partial charge in [0, 0.05) is 13.8 Å². The van der Waals surface area contributed by atoms with E-state index in [0.717, 1.165) is 30.2 Å². The van der Waals surface area contributed by atoms with Gasteiger partial charge in [0.15, 0.2) is 0 Å². The van der Waals surface area contributed by atoms with Crippen molar-refractivity contribution in [2.24, 2.45) is 11.8 Å². The lowest BCUT2D eigenvalue weighted by Gasteiger charge is -2.37. The number of esters is 1. The average Bonchev–Trinajstić information content (AvgIpc) is 2.65. The predicted octanol–water partition coefficient (Wildman–Crippen LogP) is 6.68. The molecule has 1 saturated carbocycles. The summed E-state index contributed by atoms with van der Waals surface area (Å²) < 4.78 is 5.78. The number of halogens is 1. The zero-order valence-electron chi connectivity index (χ0n) is 16.2. The van der Waals surface area contributed by atoms with Crippen LogP contribution in [0.3, 0.4) is 0 Å². The molecule has 1 saturated heterocycles. The smallest absolute Gasteiger partial charge is 0.338 e. The summed E-state index contributed by atoms with van der Waals surface area (Å²) in [6.45, 7) is 4.25. The monoisotopic (exact) mass is 391 g/mol. The van der Waals surface area contributed by atoms with Crippen LogP contribution < -0.4 is 0 Å². The van der Waals surface area contributed by atoms with E-state index in [1.807, 2.05) is 13.0 Å². The second-order valence-corrected chi connectivity index (χ2v) is 11.7. The Morgan fingerprint density at radius 1 is 1.12 bits per heavy atom. The van der Waals surface area contributed by atoms with E-state index in [-0.39, 0.29) is 20.9 Å². The topological polar surface area (TPSA) is 26.3 Å². The van der Waals surface area contributed by atoms with Crippen molar-refractivity contribution in [2.75, 3.05) is 0 Å². The molecule has 143 valence electrons. The number of benzene rings is 1. The second-order valence-electron chi connectivity index (χ2n) is 8.24. The Labute approximate surface area is 165 Å². The molecule has 1 radical (unpaired) electrons. The molecule has 3 rings (SSSR count). The quantitative estimate of drug-likeness (QED) is 0.413. The van der Waals surface area contributed by atoms with Crippen LogP contribution in [0.15, 0.2) is 18.2 Å². The molecule has 2 nitrogen and oxygen atoms in total. The van der Waals surface area contributed by atoms with Crippen molar-refractivity contribution in [3.05, 3.63) is 34.3 Å². The van der Waals surface area contributed by atoms with E-state index in [2.05, 4.69) is 6.92 Å². The van der Waals surface area contributed by atoms with Crippen molar-refractivity contribution in [1.82, 2.24) is 0 Å². The third-order valence-corrected chi connectivity index (χ3v) is 10.0. The number of hydrogen-bond acceptors (Lipinski definition) is 2. The molecular formula is C22H32ClO2Si. The first-order chi connectivity index (χ1) is 12.6. The van der Waals surface area contributed by atoms with Gasteiger partial charge in [-0.3, -0.25) is 0 Å². The minimum absolute atomic E-state index is 0.0111. The van der Waals surface area contributed by atoms with Crippen molar-refractivity contribution in [2.45, 2.75) is 83.0 Å². The SMILES string of the molecule is CCC[Si]1CCC(C2CCC(OC(=O)c3ccc(Cl)c(C)c3)CC2)CC1. The van der Waals surface area contributed by atoms with Gasteiger partial charge in [-0.2, -0.15) is 0 Å². The van der Waals surface area contributed by atoms with Crippen LogP contribution in [-0.2, 0) is 4.74 Å². The van der Waals surface area contributed by atoms with Crippen molar-refractivity contribution in [1.29, 1.82) is 0 Å². The first-order valence-corrected chi connectivity index (χ1v) is 12.9. The van der Waals surface area contributed by atoms with E-state index < -0.39 is 0 Å². The Bertz CT molecular complexity index is 602. The van der Waals surface area contributed by atoms with Crippen molar-refractivity contribution < 1.29 is 9.53 Å². The minimum atomic E-state index is -0.197. The summed E-state index contributed by atoms with van der Waals surface area (Å²) in [6, 6.07) is 9.96. The Hall–Kier alpha value is -0.803. The van der Waals surface area contributed by atoms with Crippen molar-refractivity contribution in [3.63, 3.8) is 0 Å². The normalized spacial score (nSPS) is 25.2. The van der Waals surface area contributed by atoms with Gasteiger partial charge in [0.05, 0.1) is 5.56 Å². The molecule has 1 heterocycles. The number of rotatable bonds is 5. The van der Waals surface area contributed by atoms with Crippen molar-refractivity contribution in [3.8, 4) is 0 Å². The van der Waals surface area contributed by atoms with Crippen LogP contribution in [0.2, 0.25) is 23.2 Å². The summed E-state index contributed by atoms with van der Waals surface area (Å²) in [7, 11) is -0.0111. The van der Waals surface area contributed by atoms with Gasteiger partial charge in [-0.1, -0.05) is 55.9 Å². The number of ether oxygens (including phenoxy) is 1. The maximum Gasteiger partial charge on any atom is 0.338 e. The van der Waals surface area contributed by atoms with Crippen LogP contribution in [0, 0.1) is 18.8 Å². The van der Waals surface area contributed by atoms with E-state index >= 15 is 0 Å². The third kappa shape index (κ3) is 5.13. The van der Waals surface area contributed by atoms with Crippen LogP contribution in [0.4, 0.5) is 0 Å². The Morgan fingerprint density at radius 2 is 1.77 bits per heavy atom. The largest absolute Gasteiger partial charge is 0.459 e. The fourth-order valence-electron chi connectivity index (χ4n) is 4.79. The number of hydrogen-bond donors (Lipinski definition) is 0. The standard InChI is InChI=1S/C22H32ClO2Si/c1-3-12-26-13-10-18(11-14-26)17-4-7-20(8-5-17)25-22(24)19-6-9-21(23)16(2)15-19/h6,9,15,17-18,20H,3-5,7-8,10-14H2,1-2H3. The van der Waals surface area contributed by atoms with Gasteiger partial charge in [-0.15, -0.1) is 0 Å². The lowest BCUT2D eigenvalue weighted by Crippen LogP contribution is -2.31. The van der Waals surface area contributed by atoms with Crippen LogP contribution in [0.5, 0.6) is 0 Å². The van der Waals surface area contributed by atoms with Gasteiger partial charge in [-0.25, -0.2) is 4.79 Å². The van der Waals surface area contributed by atoms with Gasteiger partial charge in [0.1, 0.15) is 6.10 Å². The summed E-state index contributed by atoms with van der Waals surface area (Å²) in [4.78, 5) is 12.4. The molecule has 1 aromatic rings. The first kappa shape index (κ1) is 19.9. The molecule has 4 heteroatoms. The highest BCUT2D eigenvalue weighted by Gasteiger charge is 2.32. The molecule has 0 aromatic heterocycles. The van der Waals surface area contributed by atoms with Gasteiger partial charge in [0.25, 0.3) is 0 Å². The summed E-state index contributed by atoms with van der Waals surface area (Å²) in [6.07, 6.45) is 8.94. The minimum Gasteiger partial charge on any atom is -0.459 e. The number of carbonyl (C=O) groups is 1. The van der Waals surface area contributed by atoms with Gasteiger partial charge >= 0.3 is 5.97 Å². The van der Waals surface area contributed by atoms with E-state index in [1.165, 1.54) is 50.2 Å². The molecule has 1 aliphatic heterocycles. The Balaban J connectivity index is 1.44. The lowest BCUT2D eigenvalue weighted by molar-refractivity contribution is 0.0127. The molecule has 0 atom stereocenters.